The first-order valence-electron chi connectivity index (χ1n) is 8.44. The minimum Gasteiger partial charge on any atom is -0.481 e. The zero-order valence-electron chi connectivity index (χ0n) is 14.9. The largest absolute Gasteiger partial charge is 0.481 e. The minimum atomic E-state index is -0.869. The number of ether oxygens (including phenoxy) is 1. The molecule has 0 unspecified atom stereocenters. The molecule has 3 aromatic carbocycles. The molecule has 1 atom stereocenters. The van der Waals surface area contributed by atoms with E-state index in [4.69, 9.17) is 4.74 Å². The molecule has 0 radical (unpaired) electrons. The van der Waals surface area contributed by atoms with Gasteiger partial charge in [0.1, 0.15) is 5.75 Å². The van der Waals surface area contributed by atoms with Gasteiger partial charge in [-0.25, -0.2) is 0 Å². The van der Waals surface area contributed by atoms with Gasteiger partial charge >= 0.3 is 0 Å². The molecule has 0 spiro atoms. The van der Waals surface area contributed by atoms with Crippen molar-refractivity contribution in [3.63, 3.8) is 0 Å². The summed E-state index contributed by atoms with van der Waals surface area (Å²) < 4.78 is 5.62. The predicted octanol–water partition coefficient (Wildman–Crippen LogP) is 2.98. The molecule has 0 saturated heterocycles. The van der Waals surface area contributed by atoms with Crippen LogP contribution >= 0.6 is 0 Å². The highest BCUT2D eigenvalue weighted by atomic mass is 16.6. The first kappa shape index (κ1) is 18.8. The third kappa shape index (κ3) is 4.42. The Bertz CT molecular complexity index is 1050. The molecule has 0 aliphatic heterocycles. The first-order valence-corrected chi connectivity index (χ1v) is 8.44. The number of amides is 2. The highest BCUT2D eigenvalue weighted by molar-refractivity contribution is 5.96. The summed E-state index contributed by atoms with van der Waals surface area (Å²) in [5.41, 5.74) is 4.31. The number of benzene rings is 3. The molecule has 0 aliphatic carbocycles. The Kier molecular flexibility index (Phi) is 5.50. The van der Waals surface area contributed by atoms with Gasteiger partial charge in [-0.05, 0) is 35.9 Å². The summed E-state index contributed by atoms with van der Waals surface area (Å²) in [6.07, 6.45) is -0.869. The summed E-state index contributed by atoms with van der Waals surface area (Å²) in [6.45, 7) is 1.55. The van der Waals surface area contributed by atoms with Crippen molar-refractivity contribution in [2.45, 2.75) is 13.0 Å². The SMILES string of the molecule is C[C@H](Oc1ccc2ccccc2c1)C(=O)NNC(=O)c1cccc([N+](=O)[O-])c1. The quantitative estimate of drug-likeness (QED) is 0.523. The topological polar surface area (TPSA) is 111 Å². The monoisotopic (exact) mass is 379 g/mol. The highest BCUT2D eigenvalue weighted by Crippen LogP contribution is 2.21. The van der Waals surface area contributed by atoms with Crippen LogP contribution < -0.4 is 15.6 Å². The van der Waals surface area contributed by atoms with Gasteiger partial charge in [0, 0.05) is 17.7 Å². The molecule has 0 aromatic heterocycles. The maximum atomic E-state index is 12.2. The lowest BCUT2D eigenvalue weighted by Crippen LogP contribution is -2.47. The molecular formula is C20H17N3O5. The van der Waals surface area contributed by atoms with E-state index in [2.05, 4.69) is 10.9 Å². The molecule has 8 heteroatoms. The molecular weight excluding hydrogens is 362 g/mol. The summed E-state index contributed by atoms with van der Waals surface area (Å²) in [5.74, 6) is -0.715. The molecule has 3 rings (SSSR count). The summed E-state index contributed by atoms with van der Waals surface area (Å²) in [5, 5.41) is 12.8. The molecule has 3 aromatic rings. The number of carbonyl (C=O) groups excluding carboxylic acids is 2. The highest BCUT2D eigenvalue weighted by Gasteiger charge is 2.17. The van der Waals surface area contributed by atoms with Crippen molar-refractivity contribution in [1.82, 2.24) is 10.9 Å². The number of non-ortho nitro benzene ring substituents is 1. The minimum absolute atomic E-state index is 0.0533. The Morgan fingerprint density at radius 3 is 2.46 bits per heavy atom. The third-order valence-corrected chi connectivity index (χ3v) is 4.02. The van der Waals surface area contributed by atoms with E-state index in [0.29, 0.717) is 5.75 Å². The van der Waals surface area contributed by atoms with Crippen molar-refractivity contribution in [1.29, 1.82) is 0 Å². The maximum Gasteiger partial charge on any atom is 0.279 e. The predicted molar refractivity (Wildman–Crippen MR) is 103 cm³/mol. The van der Waals surface area contributed by atoms with Crippen LogP contribution in [0.1, 0.15) is 17.3 Å². The van der Waals surface area contributed by atoms with E-state index in [1.54, 1.807) is 13.0 Å². The van der Waals surface area contributed by atoms with Crippen molar-refractivity contribution < 1.29 is 19.2 Å². The molecule has 0 saturated carbocycles. The van der Waals surface area contributed by atoms with Crippen LogP contribution in [0.3, 0.4) is 0 Å². The van der Waals surface area contributed by atoms with Crippen LogP contribution in [0.2, 0.25) is 0 Å². The van der Waals surface area contributed by atoms with Crippen LogP contribution in [0.15, 0.2) is 66.7 Å². The second-order valence-corrected chi connectivity index (χ2v) is 6.02. The van der Waals surface area contributed by atoms with E-state index in [1.165, 1.54) is 18.2 Å². The normalized spacial score (nSPS) is 11.5. The lowest BCUT2D eigenvalue weighted by molar-refractivity contribution is -0.384. The number of carbonyl (C=O) groups is 2. The summed E-state index contributed by atoms with van der Waals surface area (Å²) in [7, 11) is 0. The number of rotatable bonds is 5. The zero-order chi connectivity index (χ0) is 20.1. The standard InChI is InChI=1S/C20H17N3O5/c1-13(28-18-10-9-14-5-2-3-6-15(14)12-18)19(24)21-22-20(25)16-7-4-8-17(11-16)23(26)27/h2-13H,1H3,(H,21,24)(H,22,25)/t13-/m0/s1. The number of nitrogens with one attached hydrogen (secondary N) is 2. The van der Waals surface area contributed by atoms with Gasteiger partial charge in [0.15, 0.2) is 6.10 Å². The van der Waals surface area contributed by atoms with Gasteiger partial charge in [-0.2, -0.15) is 0 Å². The fourth-order valence-electron chi connectivity index (χ4n) is 2.55. The number of nitro benzene ring substituents is 1. The molecule has 0 aliphatic rings. The zero-order valence-corrected chi connectivity index (χ0v) is 14.9. The van der Waals surface area contributed by atoms with E-state index in [-0.39, 0.29) is 11.3 Å². The molecule has 142 valence electrons. The van der Waals surface area contributed by atoms with Crippen LogP contribution in [0.25, 0.3) is 10.8 Å². The van der Waals surface area contributed by atoms with Crippen LogP contribution in [-0.4, -0.2) is 22.8 Å². The van der Waals surface area contributed by atoms with Crippen molar-refractivity contribution >= 4 is 28.3 Å². The average Bonchev–Trinajstić information content (AvgIpc) is 2.71. The summed E-state index contributed by atoms with van der Waals surface area (Å²) >= 11 is 0. The molecule has 0 heterocycles. The van der Waals surface area contributed by atoms with Crippen LogP contribution in [0.4, 0.5) is 5.69 Å². The molecule has 8 nitrogen and oxygen atoms in total. The Labute approximate surface area is 160 Å². The van der Waals surface area contributed by atoms with E-state index < -0.39 is 22.8 Å². The third-order valence-electron chi connectivity index (χ3n) is 4.02. The van der Waals surface area contributed by atoms with Crippen molar-refractivity contribution in [3.8, 4) is 5.75 Å². The van der Waals surface area contributed by atoms with E-state index in [0.717, 1.165) is 16.8 Å². The van der Waals surface area contributed by atoms with Crippen LogP contribution in [0, 0.1) is 10.1 Å². The van der Waals surface area contributed by atoms with Gasteiger partial charge in [0.2, 0.25) is 0 Å². The maximum absolute atomic E-state index is 12.2. The summed E-state index contributed by atoms with van der Waals surface area (Å²) in [4.78, 5) is 34.4. The van der Waals surface area contributed by atoms with Gasteiger partial charge in [-0.1, -0.05) is 36.4 Å². The number of hydrogen-bond donors (Lipinski definition) is 2. The van der Waals surface area contributed by atoms with Gasteiger partial charge in [0.05, 0.1) is 4.92 Å². The summed E-state index contributed by atoms with van der Waals surface area (Å²) in [6, 6.07) is 18.4. The van der Waals surface area contributed by atoms with E-state index in [9.17, 15) is 19.7 Å². The fraction of sp³-hybridized carbons (Fsp3) is 0.100. The lowest BCUT2D eigenvalue weighted by atomic mass is 10.1. The van der Waals surface area contributed by atoms with Gasteiger partial charge in [0.25, 0.3) is 17.5 Å². The van der Waals surface area contributed by atoms with Gasteiger partial charge in [-0.15, -0.1) is 0 Å². The number of fused-ring (bicyclic) bond motifs is 1. The lowest BCUT2D eigenvalue weighted by Gasteiger charge is -2.15. The molecule has 2 N–H and O–H groups in total. The van der Waals surface area contributed by atoms with Crippen molar-refractivity contribution in [3.05, 3.63) is 82.4 Å². The average molecular weight is 379 g/mol. The van der Waals surface area contributed by atoms with Crippen LogP contribution in [0.5, 0.6) is 5.75 Å². The first-order chi connectivity index (χ1) is 13.4. The molecule has 2 amide bonds. The van der Waals surface area contributed by atoms with Gasteiger partial charge < -0.3 is 4.74 Å². The van der Waals surface area contributed by atoms with Crippen molar-refractivity contribution in [2.75, 3.05) is 0 Å². The molecule has 0 fully saturated rings. The smallest absolute Gasteiger partial charge is 0.279 e. The number of nitrogens with zero attached hydrogens (tertiary/aromatic N) is 1. The Balaban J connectivity index is 1.58. The van der Waals surface area contributed by atoms with E-state index >= 15 is 0 Å². The Morgan fingerprint density at radius 2 is 1.71 bits per heavy atom. The number of nitro groups is 1. The fourth-order valence-corrected chi connectivity index (χ4v) is 2.55. The Hall–Kier alpha value is -3.94. The van der Waals surface area contributed by atoms with E-state index in [1.807, 2.05) is 36.4 Å². The molecule has 28 heavy (non-hydrogen) atoms. The molecule has 0 bridgehead atoms. The van der Waals surface area contributed by atoms with Crippen LogP contribution in [-0.2, 0) is 4.79 Å². The second kappa shape index (κ2) is 8.17. The second-order valence-electron chi connectivity index (χ2n) is 6.02. The Morgan fingerprint density at radius 1 is 0.964 bits per heavy atom. The number of hydrogen-bond acceptors (Lipinski definition) is 5. The number of hydrazine groups is 1. The van der Waals surface area contributed by atoms with Gasteiger partial charge in [-0.3, -0.25) is 30.6 Å². The van der Waals surface area contributed by atoms with Crippen molar-refractivity contribution in [2.24, 2.45) is 0 Å².